The van der Waals surface area contributed by atoms with Crippen LogP contribution in [0.5, 0.6) is 0 Å². The summed E-state index contributed by atoms with van der Waals surface area (Å²) in [5.41, 5.74) is -0.448. The highest BCUT2D eigenvalue weighted by atomic mass is 19.4. The maximum Gasteiger partial charge on any atom is 0.417 e. The molecule has 0 atom stereocenters. The van der Waals surface area contributed by atoms with Gasteiger partial charge < -0.3 is 15.4 Å². The van der Waals surface area contributed by atoms with Crippen LogP contribution in [0.4, 0.5) is 24.8 Å². The fraction of sp³-hybridized carbons (Fsp3) is 0.267. The van der Waals surface area contributed by atoms with E-state index < -0.39 is 17.7 Å². The number of anilines is 2. The van der Waals surface area contributed by atoms with E-state index in [1.807, 2.05) is 0 Å². The van der Waals surface area contributed by atoms with E-state index in [9.17, 15) is 18.0 Å². The topological polar surface area (TPSA) is 76.1 Å². The number of rotatable bonds is 6. The summed E-state index contributed by atoms with van der Waals surface area (Å²) in [4.78, 5) is 19.0. The molecule has 2 rings (SSSR count). The molecule has 0 amide bonds. The normalized spacial score (nSPS) is 11.0. The average Bonchev–Trinajstić information content (AvgIpc) is 2.58. The van der Waals surface area contributed by atoms with Crippen LogP contribution in [-0.2, 0) is 10.9 Å². The quantitative estimate of drug-likeness (QED) is 0.622. The summed E-state index contributed by atoms with van der Waals surface area (Å²) in [6.07, 6.45) is -2.23. The lowest BCUT2D eigenvalue weighted by Crippen LogP contribution is -2.15. The van der Waals surface area contributed by atoms with Gasteiger partial charge in [0.2, 0.25) is 0 Å². The lowest BCUT2D eigenvalue weighted by Gasteiger charge is -2.09. The highest BCUT2D eigenvalue weighted by Crippen LogP contribution is 2.28. The largest absolute Gasteiger partial charge is 0.465 e. The van der Waals surface area contributed by atoms with Crippen molar-refractivity contribution in [2.45, 2.75) is 6.18 Å². The van der Waals surface area contributed by atoms with Gasteiger partial charge in [0.15, 0.2) is 0 Å². The SMILES string of the molecule is COC(=O)c1ccc(NCCNc2ccc(C(F)(F)F)cn2)nc1. The molecule has 0 aliphatic rings. The summed E-state index contributed by atoms with van der Waals surface area (Å²) in [5.74, 6) is 0.438. The lowest BCUT2D eigenvalue weighted by atomic mass is 10.3. The minimum Gasteiger partial charge on any atom is -0.465 e. The molecule has 0 radical (unpaired) electrons. The van der Waals surface area contributed by atoms with E-state index in [2.05, 4.69) is 25.3 Å². The Kier molecular flexibility index (Phi) is 5.56. The summed E-state index contributed by atoms with van der Waals surface area (Å²) in [6, 6.07) is 5.44. The number of hydrogen-bond donors (Lipinski definition) is 2. The average molecular weight is 340 g/mol. The minimum atomic E-state index is -4.39. The van der Waals surface area contributed by atoms with Crippen molar-refractivity contribution in [3.8, 4) is 0 Å². The Morgan fingerprint density at radius 3 is 2.04 bits per heavy atom. The van der Waals surface area contributed by atoms with E-state index in [-0.39, 0.29) is 0 Å². The first-order valence-electron chi connectivity index (χ1n) is 6.95. The Balaban J connectivity index is 1.77. The number of nitrogens with one attached hydrogen (secondary N) is 2. The monoisotopic (exact) mass is 340 g/mol. The second-order valence-corrected chi connectivity index (χ2v) is 4.71. The van der Waals surface area contributed by atoms with Gasteiger partial charge >= 0.3 is 12.1 Å². The minimum absolute atomic E-state index is 0.343. The Hall–Kier alpha value is -2.84. The van der Waals surface area contributed by atoms with Gasteiger partial charge in [0, 0.05) is 25.5 Å². The number of ether oxygens (including phenoxy) is 1. The molecule has 24 heavy (non-hydrogen) atoms. The number of alkyl halides is 3. The van der Waals surface area contributed by atoms with Crippen LogP contribution in [0.25, 0.3) is 0 Å². The van der Waals surface area contributed by atoms with Crippen molar-refractivity contribution < 1.29 is 22.7 Å². The van der Waals surface area contributed by atoms with Crippen LogP contribution in [0.2, 0.25) is 0 Å². The van der Waals surface area contributed by atoms with E-state index in [0.717, 1.165) is 12.3 Å². The molecule has 0 aliphatic heterocycles. The molecule has 0 saturated heterocycles. The van der Waals surface area contributed by atoms with Crippen molar-refractivity contribution in [3.63, 3.8) is 0 Å². The van der Waals surface area contributed by atoms with Crippen molar-refractivity contribution >= 4 is 17.6 Å². The Bertz CT molecular complexity index is 673. The first kappa shape index (κ1) is 17.5. The van der Waals surface area contributed by atoms with Gasteiger partial charge in [-0.25, -0.2) is 14.8 Å². The van der Waals surface area contributed by atoms with Gasteiger partial charge in [0.1, 0.15) is 11.6 Å². The van der Waals surface area contributed by atoms with Crippen molar-refractivity contribution in [2.24, 2.45) is 0 Å². The number of pyridine rings is 2. The zero-order chi connectivity index (χ0) is 17.6. The third-order valence-corrected chi connectivity index (χ3v) is 3.01. The first-order valence-corrected chi connectivity index (χ1v) is 6.95. The molecule has 2 aromatic rings. The van der Waals surface area contributed by atoms with E-state index in [1.165, 1.54) is 19.4 Å². The zero-order valence-electron chi connectivity index (χ0n) is 12.7. The summed E-state index contributed by atoms with van der Waals surface area (Å²) < 4.78 is 41.8. The van der Waals surface area contributed by atoms with Crippen molar-refractivity contribution in [2.75, 3.05) is 30.8 Å². The number of halogens is 3. The molecule has 2 aromatic heterocycles. The summed E-state index contributed by atoms with van der Waals surface area (Å²) >= 11 is 0. The molecule has 0 fully saturated rings. The number of aromatic nitrogens is 2. The zero-order valence-corrected chi connectivity index (χ0v) is 12.7. The summed E-state index contributed by atoms with van der Waals surface area (Å²) in [7, 11) is 1.29. The fourth-order valence-electron chi connectivity index (χ4n) is 1.78. The molecule has 2 heterocycles. The predicted octanol–water partition coefficient (Wildman–Crippen LogP) is 2.81. The molecular formula is C15H15F3N4O2. The molecule has 0 aromatic carbocycles. The van der Waals surface area contributed by atoms with Gasteiger partial charge in [-0.2, -0.15) is 13.2 Å². The van der Waals surface area contributed by atoms with Gasteiger partial charge in [-0.3, -0.25) is 0 Å². The molecular weight excluding hydrogens is 325 g/mol. The van der Waals surface area contributed by atoms with Crippen LogP contribution < -0.4 is 10.6 Å². The van der Waals surface area contributed by atoms with Gasteiger partial charge in [0.25, 0.3) is 0 Å². The van der Waals surface area contributed by atoms with E-state index >= 15 is 0 Å². The highest BCUT2D eigenvalue weighted by Gasteiger charge is 2.30. The number of carbonyl (C=O) groups excluding carboxylic acids is 1. The van der Waals surface area contributed by atoms with Crippen molar-refractivity contribution in [3.05, 3.63) is 47.8 Å². The molecule has 9 heteroatoms. The van der Waals surface area contributed by atoms with Crippen molar-refractivity contribution in [1.29, 1.82) is 0 Å². The maximum atomic E-state index is 12.4. The predicted molar refractivity (Wildman–Crippen MR) is 81.8 cm³/mol. The Labute approximate surface area is 136 Å². The molecule has 0 saturated carbocycles. The molecule has 0 aliphatic carbocycles. The molecule has 128 valence electrons. The Morgan fingerprint density at radius 1 is 1.04 bits per heavy atom. The van der Waals surface area contributed by atoms with Crippen LogP contribution >= 0.6 is 0 Å². The van der Waals surface area contributed by atoms with E-state index in [4.69, 9.17) is 0 Å². The second-order valence-electron chi connectivity index (χ2n) is 4.71. The standard InChI is InChI=1S/C15H15F3N4O2/c1-24-14(23)10-2-4-12(21-8-10)19-6-7-20-13-5-3-11(9-22-13)15(16,17)18/h2-5,8-9H,6-7H2,1H3,(H,19,21)(H,20,22). The maximum absolute atomic E-state index is 12.4. The highest BCUT2D eigenvalue weighted by molar-refractivity contribution is 5.89. The molecule has 0 spiro atoms. The first-order chi connectivity index (χ1) is 11.4. The third-order valence-electron chi connectivity index (χ3n) is 3.01. The second kappa shape index (κ2) is 7.62. The van der Waals surface area contributed by atoms with Gasteiger partial charge in [0.05, 0.1) is 18.2 Å². The van der Waals surface area contributed by atoms with E-state index in [0.29, 0.717) is 30.3 Å². The fourth-order valence-corrected chi connectivity index (χ4v) is 1.78. The molecule has 0 unspecified atom stereocenters. The van der Waals surface area contributed by atoms with Gasteiger partial charge in [-0.05, 0) is 24.3 Å². The molecule has 2 N–H and O–H groups in total. The summed E-state index contributed by atoms with van der Waals surface area (Å²) in [5, 5.41) is 5.89. The third kappa shape index (κ3) is 4.83. The van der Waals surface area contributed by atoms with Gasteiger partial charge in [-0.1, -0.05) is 0 Å². The Morgan fingerprint density at radius 2 is 1.62 bits per heavy atom. The lowest BCUT2D eigenvalue weighted by molar-refractivity contribution is -0.137. The van der Waals surface area contributed by atoms with Crippen LogP contribution in [0.15, 0.2) is 36.7 Å². The summed E-state index contributed by atoms with van der Waals surface area (Å²) in [6.45, 7) is 0.895. The molecule has 6 nitrogen and oxygen atoms in total. The van der Waals surface area contributed by atoms with Crippen LogP contribution in [0.3, 0.4) is 0 Å². The number of nitrogens with zero attached hydrogens (tertiary/aromatic N) is 2. The van der Waals surface area contributed by atoms with Gasteiger partial charge in [-0.15, -0.1) is 0 Å². The molecule has 0 bridgehead atoms. The number of methoxy groups -OCH3 is 1. The van der Waals surface area contributed by atoms with Crippen LogP contribution in [0, 0.1) is 0 Å². The number of carbonyl (C=O) groups is 1. The van der Waals surface area contributed by atoms with Crippen LogP contribution in [-0.4, -0.2) is 36.1 Å². The van der Waals surface area contributed by atoms with Crippen molar-refractivity contribution in [1.82, 2.24) is 9.97 Å². The smallest absolute Gasteiger partial charge is 0.417 e. The van der Waals surface area contributed by atoms with Crippen LogP contribution in [0.1, 0.15) is 15.9 Å². The number of hydrogen-bond acceptors (Lipinski definition) is 6. The van der Waals surface area contributed by atoms with E-state index in [1.54, 1.807) is 12.1 Å². The number of esters is 1.